The minimum atomic E-state index is -3.73. The van der Waals surface area contributed by atoms with Crippen LogP contribution in [-0.4, -0.2) is 31.9 Å². The molecule has 0 bridgehead atoms. The van der Waals surface area contributed by atoms with Crippen molar-refractivity contribution in [2.75, 3.05) is 12.4 Å². The number of ether oxygens (including phenoxy) is 1. The van der Waals surface area contributed by atoms with E-state index in [4.69, 9.17) is 4.74 Å². The Kier molecular flexibility index (Phi) is 7.32. The molecule has 196 valence electrons. The van der Waals surface area contributed by atoms with Gasteiger partial charge in [-0.3, -0.25) is 4.79 Å². The highest BCUT2D eigenvalue weighted by molar-refractivity contribution is 7.91. The number of aliphatic carboxylic acids is 1. The fourth-order valence-corrected chi connectivity index (χ4v) is 7.25. The molecular formula is C28H34F2O5S. The molecule has 0 aliphatic heterocycles. The van der Waals surface area contributed by atoms with Gasteiger partial charge in [-0.25, -0.2) is 17.2 Å². The highest BCUT2D eigenvalue weighted by Crippen LogP contribution is 2.51. The highest BCUT2D eigenvalue weighted by atomic mass is 32.2. The predicted molar refractivity (Wildman–Crippen MR) is 133 cm³/mol. The number of rotatable bonds is 9. The summed E-state index contributed by atoms with van der Waals surface area (Å²) < 4.78 is 61.4. The van der Waals surface area contributed by atoms with Gasteiger partial charge in [0.15, 0.2) is 9.84 Å². The van der Waals surface area contributed by atoms with E-state index in [0.717, 1.165) is 12.8 Å². The molecule has 2 saturated carbocycles. The first kappa shape index (κ1) is 26.7. The van der Waals surface area contributed by atoms with Crippen LogP contribution < -0.4 is 0 Å². The summed E-state index contributed by atoms with van der Waals surface area (Å²) in [7, 11) is -3.73. The zero-order valence-corrected chi connectivity index (χ0v) is 21.8. The van der Waals surface area contributed by atoms with Crippen molar-refractivity contribution in [3.05, 3.63) is 64.7 Å². The quantitative estimate of drug-likeness (QED) is 0.444. The minimum Gasteiger partial charge on any atom is -0.481 e. The maximum absolute atomic E-state index is 15.2. The lowest BCUT2D eigenvalue weighted by Gasteiger charge is -2.45. The Balaban J connectivity index is 1.75. The first-order valence-electron chi connectivity index (χ1n) is 12.6. The summed E-state index contributed by atoms with van der Waals surface area (Å²) in [6.45, 7) is 5.53. The van der Waals surface area contributed by atoms with Gasteiger partial charge >= 0.3 is 5.97 Å². The Morgan fingerprint density at radius 1 is 1.06 bits per heavy atom. The van der Waals surface area contributed by atoms with E-state index in [0.29, 0.717) is 23.7 Å². The monoisotopic (exact) mass is 520 g/mol. The number of carbonyl (C=O) groups is 1. The van der Waals surface area contributed by atoms with Gasteiger partial charge in [0, 0.05) is 5.56 Å². The van der Waals surface area contributed by atoms with Crippen molar-refractivity contribution in [1.82, 2.24) is 0 Å². The summed E-state index contributed by atoms with van der Waals surface area (Å²) in [4.78, 5) is 12.5. The molecule has 2 aromatic carbocycles. The molecule has 1 N–H and O–H groups in total. The van der Waals surface area contributed by atoms with E-state index in [2.05, 4.69) is 0 Å². The molecule has 8 heteroatoms. The van der Waals surface area contributed by atoms with Gasteiger partial charge < -0.3 is 9.84 Å². The maximum atomic E-state index is 15.2. The predicted octanol–water partition coefficient (Wildman–Crippen LogP) is 5.92. The lowest BCUT2D eigenvalue weighted by atomic mass is 9.63. The fraction of sp³-hybridized carbons (Fsp3) is 0.536. The highest BCUT2D eigenvalue weighted by Gasteiger charge is 2.50. The molecule has 0 saturated heterocycles. The zero-order chi connectivity index (χ0) is 26.3. The second-order valence-electron chi connectivity index (χ2n) is 10.9. The molecule has 0 heterocycles. The fourth-order valence-electron chi connectivity index (χ4n) is 5.32. The molecule has 4 rings (SSSR count). The molecular weight excluding hydrogens is 486 g/mol. The van der Waals surface area contributed by atoms with Crippen LogP contribution in [0.15, 0.2) is 41.3 Å². The smallest absolute Gasteiger partial charge is 0.314 e. The SMILES string of the molecule is Cc1c(F)cc(C2(OCC3CC3)CCC(C(=O)O)(c3ccc(F)cc3)CC2)cc1S(=O)(=O)CC(C)C. The van der Waals surface area contributed by atoms with Crippen LogP contribution in [0, 0.1) is 30.4 Å². The van der Waals surface area contributed by atoms with Crippen molar-refractivity contribution in [3.8, 4) is 0 Å². The van der Waals surface area contributed by atoms with Crippen LogP contribution in [0.4, 0.5) is 8.78 Å². The van der Waals surface area contributed by atoms with Crippen molar-refractivity contribution in [2.24, 2.45) is 11.8 Å². The topological polar surface area (TPSA) is 80.7 Å². The van der Waals surface area contributed by atoms with E-state index in [1.165, 1.54) is 43.3 Å². The Hall–Kier alpha value is -2.32. The summed E-state index contributed by atoms with van der Waals surface area (Å²) in [6.07, 6.45) is 3.03. The molecule has 0 aromatic heterocycles. The van der Waals surface area contributed by atoms with Crippen LogP contribution in [-0.2, 0) is 30.4 Å². The number of carboxylic acid groups (broad SMARTS) is 1. The van der Waals surface area contributed by atoms with Crippen molar-refractivity contribution in [3.63, 3.8) is 0 Å². The number of benzene rings is 2. The number of hydrogen-bond acceptors (Lipinski definition) is 4. The Bertz CT molecular complexity index is 1230. The molecule has 2 aromatic rings. The van der Waals surface area contributed by atoms with Crippen LogP contribution in [0.5, 0.6) is 0 Å². The molecule has 0 atom stereocenters. The van der Waals surface area contributed by atoms with E-state index in [1.807, 2.05) is 0 Å². The Labute approximate surface area is 211 Å². The van der Waals surface area contributed by atoms with E-state index in [1.54, 1.807) is 13.8 Å². The first-order valence-corrected chi connectivity index (χ1v) is 14.2. The van der Waals surface area contributed by atoms with Crippen LogP contribution in [0.3, 0.4) is 0 Å². The minimum absolute atomic E-state index is 0.0331. The molecule has 0 amide bonds. The Morgan fingerprint density at radius 2 is 1.67 bits per heavy atom. The summed E-state index contributed by atoms with van der Waals surface area (Å²) in [5, 5.41) is 10.2. The van der Waals surface area contributed by atoms with Crippen LogP contribution >= 0.6 is 0 Å². The second-order valence-corrected chi connectivity index (χ2v) is 12.9. The average molecular weight is 521 g/mol. The van der Waals surface area contributed by atoms with Crippen LogP contribution in [0.25, 0.3) is 0 Å². The zero-order valence-electron chi connectivity index (χ0n) is 21.0. The standard InChI is InChI=1S/C28H34F2O5S/c1-18(2)17-36(33,34)25-15-22(14-24(30)19(25)3)28(35-16-20-4-5-20)12-10-27(11-13-28,26(31)32)21-6-8-23(29)9-7-21/h6-9,14-15,18,20H,4-5,10-13,16-17H2,1-3H3,(H,31,32). The number of hydrogen-bond donors (Lipinski definition) is 1. The van der Waals surface area contributed by atoms with E-state index in [-0.39, 0.29) is 47.8 Å². The van der Waals surface area contributed by atoms with Crippen LogP contribution in [0.2, 0.25) is 0 Å². The average Bonchev–Trinajstić information content (AvgIpc) is 3.64. The van der Waals surface area contributed by atoms with Gasteiger partial charge in [-0.15, -0.1) is 0 Å². The molecule has 5 nitrogen and oxygen atoms in total. The molecule has 0 unspecified atom stereocenters. The largest absolute Gasteiger partial charge is 0.481 e. The normalized spacial score (nSPS) is 24.7. The van der Waals surface area contributed by atoms with Gasteiger partial charge in [-0.1, -0.05) is 26.0 Å². The van der Waals surface area contributed by atoms with E-state index >= 15 is 4.39 Å². The number of carboxylic acids is 1. The molecule has 36 heavy (non-hydrogen) atoms. The molecule has 2 aliphatic carbocycles. The lowest BCUT2D eigenvalue weighted by molar-refractivity contribution is -0.151. The summed E-state index contributed by atoms with van der Waals surface area (Å²) in [5.41, 5.74) is -1.19. The van der Waals surface area contributed by atoms with Crippen molar-refractivity contribution >= 4 is 15.8 Å². The van der Waals surface area contributed by atoms with Gasteiger partial charge in [0.1, 0.15) is 11.6 Å². The van der Waals surface area contributed by atoms with Gasteiger partial charge in [-0.05, 0) is 92.7 Å². The van der Waals surface area contributed by atoms with Gasteiger partial charge in [0.25, 0.3) is 0 Å². The molecule has 2 aliphatic rings. The summed E-state index contributed by atoms with van der Waals surface area (Å²) in [6, 6.07) is 8.41. The van der Waals surface area contributed by atoms with Crippen molar-refractivity contribution in [1.29, 1.82) is 0 Å². The number of sulfone groups is 1. The third-order valence-electron chi connectivity index (χ3n) is 7.72. The Morgan fingerprint density at radius 3 is 2.19 bits per heavy atom. The lowest BCUT2D eigenvalue weighted by Crippen LogP contribution is -2.46. The van der Waals surface area contributed by atoms with E-state index < -0.39 is 38.5 Å². The second kappa shape index (κ2) is 9.86. The van der Waals surface area contributed by atoms with Crippen molar-refractivity contribution < 1.29 is 31.8 Å². The van der Waals surface area contributed by atoms with Gasteiger partial charge in [0.2, 0.25) is 0 Å². The summed E-state index contributed by atoms with van der Waals surface area (Å²) >= 11 is 0. The van der Waals surface area contributed by atoms with Crippen LogP contribution in [0.1, 0.15) is 69.1 Å². The van der Waals surface area contributed by atoms with Crippen molar-refractivity contribution in [2.45, 2.75) is 75.2 Å². The summed E-state index contributed by atoms with van der Waals surface area (Å²) in [5.74, 6) is -1.87. The third-order valence-corrected chi connectivity index (χ3v) is 9.92. The third kappa shape index (κ3) is 5.21. The number of halogens is 2. The molecule has 2 fully saturated rings. The van der Waals surface area contributed by atoms with Gasteiger partial charge in [-0.2, -0.15) is 0 Å². The van der Waals surface area contributed by atoms with E-state index in [9.17, 15) is 22.7 Å². The maximum Gasteiger partial charge on any atom is 0.314 e. The molecule has 0 spiro atoms. The van der Waals surface area contributed by atoms with Gasteiger partial charge in [0.05, 0.1) is 28.3 Å². The molecule has 0 radical (unpaired) electrons. The first-order chi connectivity index (χ1) is 16.9.